The van der Waals surface area contributed by atoms with Crippen LogP contribution in [0, 0.1) is 0 Å². The number of morpholine rings is 1. The number of aromatic nitrogens is 2. The Hall–Kier alpha value is -1.60. The Bertz CT molecular complexity index is 543. The monoisotopic (exact) mass is 337 g/mol. The maximum Gasteiger partial charge on any atom is 0.317 e. The smallest absolute Gasteiger partial charge is 0.317 e. The van der Waals surface area contributed by atoms with Gasteiger partial charge in [-0.15, -0.1) is 0 Å². The second-order valence-corrected chi connectivity index (χ2v) is 6.66. The Morgan fingerprint density at radius 3 is 2.79 bits per heavy atom. The van der Waals surface area contributed by atoms with Crippen molar-refractivity contribution < 1.29 is 9.53 Å². The molecule has 0 saturated carbocycles. The predicted molar refractivity (Wildman–Crippen MR) is 93.9 cm³/mol. The first kappa shape index (κ1) is 18.7. The third kappa shape index (κ3) is 4.27. The molecule has 2 amide bonds. The molecule has 1 saturated heterocycles. The number of ether oxygens (including phenoxy) is 1. The third-order valence-corrected chi connectivity index (χ3v) is 4.86. The van der Waals surface area contributed by atoms with E-state index < -0.39 is 5.60 Å². The number of aryl methyl sites for hydroxylation is 1. The van der Waals surface area contributed by atoms with E-state index in [1.165, 1.54) is 0 Å². The summed E-state index contributed by atoms with van der Waals surface area (Å²) in [6, 6.07) is 0.308. The number of urea groups is 1. The number of carbonyl (C=O) groups is 1. The van der Waals surface area contributed by atoms with Crippen molar-refractivity contribution in [1.29, 1.82) is 0 Å². The lowest BCUT2D eigenvalue weighted by atomic mass is 9.97. The minimum absolute atomic E-state index is 0.0209. The quantitative estimate of drug-likeness (QED) is 0.852. The van der Waals surface area contributed by atoms with Crippen molar-refractivity contribution in [2.24, 2.45) is 7.05 Å². The van der Waals surface area contributed by atoms with Crippen molar-refractivity contribution in [3.8, 4) is 0 Å². The lowest BCUT2D eigenvalue weighted by Gasteiger charge is -2.40. The Balaban J connectivity index is 1.93. The van der Waals surface area contributed by atoms with Gasteiger partial charge < -0.3 is 15.0 Å². The molecular weight excluding hydrogens is 306 g/mol. The summed E-state index contributed by atoms with van der Waals surface area (Å²) in [5.74, 6) is 0. The molecule has 0 radical (unpaired) electrons. The van der Waals surface area contributed by atoms with E-state index in [4.69, 9.17) is 4.74 Å². The van der Waals surface area contributed by atoms with Gasteiger partial charge in [-0.25, -0.2) is 4.79 Å². The molecule has 1 aromatic heterocycles. The lowest BCUT2D eigenvalue weighted by molar-refractivity contribution is -0.0907. The van der Waals surface area contributed by atoms with Gasteiger partial charge in [-0.1, -0.05) is 13.8 Å². The summed E-state index contributed by atoms with van der Waals surface area (Å²) in [5.41, 5.74) is 0.493. The summed E-state index contributed by atoms with van der Waals surface area (Å²) in [5, 5.41) is 7.28. The number of rotatable bonds is 6. The first-order valence-electron chi connectivity index (χ1n) is 8.79. The summed E-state index contributed by atoms with van der Waals surface area (Å²) in [7, 11) is 1.88. The largest absolute Gasteiger partial charge is 0.367 e. The van der Waals surface area contributed by atoms with Crippen molar-refractivity contribution in [2.45, 2.75) is 39.3 Å². The van der Waals surface area contributed by atoms with E-state index in [-0.39, 0.29) is 6.03 Å². The highest BCUT2D eigenvalue weighted by Gasteiger charge is 2.36. The van der Waals surface area contributed by atoms with E-state index in [9.17, 15) is 4.79 Å². The molecule has 2 heterocycles. The molecule has 7 nitrogen and oxygen atoms in total. The molecular formula is C17H31N5O2. The summed E-state index contributed by atoms with van der Waals surface area (Å²) in [6.45, 7) is 12.8. The zero-order valence-corrected chi connectivity index (χ0v) is 15.6. The van der Waals surface area contributed by atoms with Gasteiger partial charge >= 0.3 is 6.03 Å². The van der Waals surface area contributed by atoms with Crippen molar-refractivity contribution in [1.82, 2.24) is 24.9 Å². The van der Waals surface area contributed by atoms with E-state index in [2.05, 4.69) is 36.1 Å². The van der Waals surface area contributed by atoms with E-state index in [1.54, 1.807) is 4.68 Å². The molecule has 136 valence electrons. The van der Waals surface area contributed by atoms with Crippen LogP contribution in [0.15, 0.2) is 12.4 Å². The summed E-state index contributed by atoms with van der Waals surface area (Å²) in [6.07, 6.45) is 3.76. The van der Waals surface area contributed by atoms with Gasteiger partial charge in [-0.2, -0.15) is 5.10 Å². The minimum atomic E-state index is -0.506. The molecule has 1 aromatic rings. The van der Waals surface area contributed by atoms with E-state index >= 15 is 0 Å². The predicted octanol–water partition coefficient (Wildman–Crippen LogP) is 1.41. The molecule has 0 aromatic carbocycles. The van der Waals surface area contributed by atoms with Crippen molar-refractivity contribution >= 4 is 6.03 Å². The molecule has 0 bridgehead atoms. The fourth-order valence-electron chi connectivity index (χ4n) is 3.24. The number of likely N-dealkylation sites (N-methyl/N-ethyl adjacent to an activating group) is 1. The zero-order valence-electron chi connectivity index (χ0n) is 15.6. The van der Waals surface area contributed by atoms with E-state index in [0.29, 0.717) is 32.3 Å². The second kappa shape index (κ2) is 7.98. The van der Waals surface area contributed by atoms with Crippen LogP contribution in [0.4, 0.5) is 4.79 Å². The van der Waals surface area contributed by atoms with Crippen LogP contribution in [0.5, 0.6) is 0 Å². The van der Waals surface area contributed by atoms with Gasteiger partial charge in [0.2, 0.25) is 0 Å². The molecule has 0 unspecified atom stereocenters. The standard InChI is InChI=1S/C17H31N5O2/c1-6-21(7-2)14(3)10-18-16(23)22-8-9-24-17(4,13-22)15-11-19-20(5)12-15/h11-12,14H,6-10,13H2,1-5H3,(H,18,23)/t14-,17-/m1/s1. The second-order valence-electron chi connectivity index (χ2n) is 6.66. The van der Waals surface area contributed by atoms with Crippen LogP contribution < -0.4 is 5.32 Å². The van der Waals surface area contributed by atoms with Gasteiger partial charge in [-0.3, -0.25) is 9.58 Å². The van der Waals surface area contributed by atoms with Crippen LogP contribution in [0.25, 0.3) is 0 Å². The normalized spacial score (nSPS) is 22.7. The van der Waals surface area contributed by atoms with Gasteiger partial charge in [0.25, 0.3) is 0 Å². The van der Waals surface area contributed by atoms with Crippen LogP contribution >= 0.6 is 0 Å². The molecule has 2 rings (SSSR count). The summed E-state index contributed by atoms with van der Waals surface area (Å²) in [4.78, 5) is 16.7. The van der Waals surface area contributed by atoms with Crippen LogP contribution in [0.2, 0.25) is 0 Å². The van der Waals surface area contributed by atoms with Crippen LogP contribution in [0.1, 0.15) is 33.3 Å². The first-order chi connectivity index (χ1) is 11.4. The number of amides is 2. The highest BCUT2D eigenvalue weighted by Crippen LogP contribution is 2.28. The maximum absolute atomic E-state index is 12.5. The van der Waals surface area contributed by atoms with Gasteiger partial charge in [-0.05, 0) is 26.9 Å². The number of hydrogen-bond acceptors (Lipinski definition) is 4. The highest BCUT2D eigenvalue weighted by molar-refractivity contribution is 5.74. The van der Waals surface area contributed by atoms with Crippen LogP contribution in [-0.2, 0) is 17.4 Å². The van der Waals surface area contributed by atoms with Crippen LogP contribution in [-0.4, -0.2) is 71.0 Å². The van der Waals surface area contributed by atoms with Crippen molar-refractivity contribution in [3.05, 3.63) is 18.0 Å². The molecule has 1 aliphatic rings. The Labute approximate surface area is 144 Å². The van der Waals surface area contributed by atoms with E-state index in [1.807, 2.05) is 31.3 Å². The van der Waals surface area contributed by atoms with Gasteiger partial charge in [0.1, 0.15) is 5.60 Å². The SMILES string of the molecule is CCN(CC)[C@H](C)CNC(=O)N1CCO[C@@](C)(c2cnn(C)c2)C1. The van der Waals surface area contributed by atoms with Crippen molar-refractivity contribution in [3.63, 3.8) is 0 Å². The molecule has 1 aliphatic heterocycles. The van der Waals surface area contributed by atoms with Crippen molar-refractivity contribution in [2.75, 3.05) is 39.3 Å². The summed E-state index contributed by atoms with van der Waals surface area (Å²) < 4.78 is 7.72. The molecule has 0 aliphatic carbocycles. The average molecular weight is 337 g/mol. The number of carbonyl (C=O) groups excluding carboxylic acids is 1. The molecule has 2 atom stereocenters. The molecule has 7 heteroatoms. The van der Waals surface area contributed by atoms with Gasteiger partial charge in [0, 0.05) is 37.9 Å². The van der Waals surface area contributed by atoms with Gasteiger partial charge in [0.05, 0.1) is 19.3 Å². The number of nitrogens with zero attached hydrogens (tertiary/aromatic N) is 4. The first-order valence-corrected chi connectivity index (χ1v) is 8.79. The Morgan fingerprint density at radius 1 is 1.50 bits per heavy atom. The fraction of sp³-hybridized carbons (Fsp3) is 0.765. The molecule has 1 fully saturated rings. The van der Waals surface area contributed by atoms with Gasteiger partial charge in [0.15, 0.2) is 0 Å². The molecule has 24 heavy (non-hydrogen) atoms. The number of hydrogen-bond donors (Lipinski definition) is 1. The highest BCUT2D eigenvalue weighted by atomic mass is 16.5. The minimum Gasteiger partial charge on any atom is -0.367 e. The fourth-order valence-corrected chi connectivity index (χ4v) is 3.24. The molecule has 0 spiro atoms. The lowest BCUT2D eigenvalue weighted by Crippen LogP contribution is -2.54. The number of nitrogens with one attached hydrogen (secondary N) is 1. The third-order valence-electron chi connectivity index (χ3n) is 4.86. The topological polar surface area (TPSA) is 62.6 Å². The van der Waals surface area contributed by atoms with E-state index in [0.717, 1.165) is 18.7 Å². The maximum atomic E-state index is 12.5. The average Bonchev–Trinajstić information content (AvgIpc) is 3.01. The zero-order chi connectivity index (χ0) is 17.7. The molecule has 1 N–H and O–H groups in total. The Kier molecular flexibility index (Phi) is 6.23. The summed E-state index contributed by atoms with van der Waals surface area (Å²) >= 11 is 0. The Morgan fingerprint density at radius 2 is 2.21 bits per heavy atom. The van der Waals surface area contributed by atoms with Crippen LogP contribution in [0.3, 0.4) is 0 Å².